The molecule has 0 saturated carbocycles. The van der Waals surface area contributed by atoms with Crippen molar-refractivity contribution in [2.24, 2.45) is 0 Å². The highest BCUT2D eigenvalue weighted by molar-refractivity contribution is 7.80. The van der Waals surface area contributed by atoms with E-state index in [1.807, 2.05) is 0 Å². The second-order valence-electron chi connectivity index (χ2n) is 2.41. The molecule has 4 unspecified atom stereocenters. The Labute approximate surface area is 71.0 Å². The molecule has 0 spiro atoms. The number of hydrogen-bond acceptors (Lipinski definition) is 2. The zero-order valence-electron chi connectivity index (χ0n) is 6.39. The lowest BCUT2D eigenvalue weighted by Gasteiger charge is -2.09. The SMILES string of the molecule is CC(CC(C)S(=O)O)S(=O)O. The van der Waals surface area contributed by atoms with E-state index in [1.54, 1.807) is 13.8 Å². The minimum Gasteiger partial charge on any atom is -0.306 e. The van der Waals surface area contributed by atoms with Crippen LogP contribution in [0.3, 0.4) is 0 Å². The molecular formula is C5H12O4S2. The van der Waals surface area contributed by atoms with E-state index in [0.29, 0.717) is 0 Å². The first-order valence-corrected chi connectivity index (χ1v) is 5.48. The van der Waals surface area contributed by atoms with E-state index in [1.165, 1.54) is 0 Å². The van der Waals surface area contributed by atoms with Crippen LogP contribution in [0.5, 0.6) is 0 Å². The zero-order chi connectivity index (χ0) is 9.02. The first kappa shape index (κ1) is 11.2. The van der Waals surface area contributed by atoms with Crippen molar-refractivity contribution in [3.05, 3.63) is 0 Å². The molecule has 0 aromatic rings. The molecule has 0 rings (SSSR count). The van der Waals surface area contributed by atoms with Crippen LogP contribution in [0.15, 0.2) is 0 Å². The van der Waals surface area contributed by atoms with Crippen LogP contribution in [0, 0.1) is 0 Å². The zero-order valence-corrected chi connectivity index (χ0v) is 8.02. The normalized spacial score (nSPS) is 22.2. The Bertz CT molecular complexity index is 152. The maximum atomic E-state index is 10.4. The summed E-state index contributed by atoms with van der Waals surface area (Å²) in [5, 5.41) is -0.887. The van der Waals surface area contributed by atoms with Crippen molar-refractivity contribution in [2.75, 3.05) is 0 Å². The van der Waals surface area contributed by atoms with E-state index in [0.717, 1.165) is 0 Å². The van der Waals surface area contributed by atoms with Crippen LogP contribution in [0.25, 0.3) is 0 Å². The Morgan fingerprint density at radius 2 is 1.36 bits per heavy atom. The van der Waals surface area contributed by atoms with Crippen LogP contribution in [-0.2, 0) is 22.2 Å². The van der Waals surface area contributed by atoms with Crippen LogP contribution >= 0.6 is 0 Å². The minimum absolute atomic E-state index is 0.284. The second-order valence-corrected chi connectivity index (χ2v) is 5.12. The summed E-state index contributed by atoms with van der Waals surface area (Å²) in [5.74, 6) is 0. The molecule has 11 heavy (non-hydrogen) atoms. The lowest BCUT2D eigenvalue weighted by molar-refractivity contribution is 0.530. The van der Waals surface area contributed by atoms with Gasteiger partial charge in [0.15, 0.2) is 22.2 Å². The van der Waals surface area contributed by atoms with Gasteiger partial charge in [0.1, 0.15) is 0 Å². The molecule has 0 fully saturated rings. The van der Waals surface area contributed by atoms with E-state index < -0.39 is 32.7 Å². The first-order chi connectivity index (χ1) is 4.95. The molecule has 0 amide bonds. The molecule has 6 heteroatoms. The standard InChI is InChI=1S/C5H12O4S2/c1-4(10(6)7)3-5(2)11(8)9/h4-5H,3H2,1-2H3,(H,6,7)(H,8,9). The lowest BCUT2D eigenvalue weighted by atomic mass is 10.3. The largest absolute Gasteiger partial charge is 0.306 e. The lowest BCUT2D eigenvalue weighted by Crippen LogP contribution is -2.20. The molecule has 2 N–H and O–H groups in total. The summed E-state index contributed by atoms with van der Waals surface area (Å²) in [7, 11) is 0. The van der Waals surface area contributed by atoms with Gasteiger partial charge in [0.25, 0.3) is 0 Å². The molecule has 0 aliphatic heterocycles. The highest BCUT2D eigenvalue weighted by Gasteiger charge is 2.16. The summed E-state index contributed by atoms with van der Waals surface area (Å²) in [6, 6.07) is 0. The van der Waals surface area contributed by atoms with E-state index >= 15 is 0 Å². The molecule has 4 atom stereocenters. The summed E-state index contributed by atoms with van der Waals surface area (Å²) in [6.45, 7) is 3.14. The van der Waals surface area contributed by atoms with Crippen molar-refractivity contribution in [3.8, 4) is 0 Å². The van der Waals surface area contributed by atoms with Crippen molar-refractivity contribution >= 4 is 22.2 Å². The molecular weight excluding hydrogens is 188 g/mol. The monoisotopic (exact) mass is 200 g/mol. The summed E-state index contributed by atoms with van der Waals surface area (Å²) in [6.07, 6.45) is 0.284. The van der Waals surface area contributed by atoms with Gasteiger partial charge in [-0.15, -0.1) is 0 Å². The molecule has 68 valence electrons. The fraction of sp³-hybridized carbons (Fsp3) is 1.00. The van der Waals surface area contributed by atoms with Crippen molar-refractivity contribution in [2.45, 2.75) is 30.8 Å². The number of hydrogen-bond donors (Lipinski definition) is 2. The summed E-state index contributed by atoms with van der Waals surface area (Å²) in [4.78, 5) is 0. The van der Waals surface area contributed by atoms with Crippen molar-refractivity contribution in [1.29, 1.82) is 0 Å². The summed E-state index contributed by atoms with van der Waals surface area (Å²) >= 11 is -3.79. The topological polar surface area (TPSA) is 74.6 Å². The van der Waals surface area contributed by atoms with Gasteiger partial charge in [0, 0.05) is 0 Å². The quantitative estimate of drug-likeness (QED) is 0.651. The van der Waals surface area contributed by atoms with Crippen LogP contribution in [0.4, 0.5) is 0 Å². The third-order valence-corrected chi connectivity index (χ3v) is 3.11. The Hall–Kier alpha value is 0.220. The molecule has 0 aliphatic rings. The maximum absolute atomic E-state index is 10.4. The fourth-order valence-corrected chi connectivity index (χ4v) is 1.66. The van der Waals surface area contributed by atoms with Crippen molar-refractivity contribution < 1.29 is 17.5 Å². The Morgan fingerprint density at radius 3 is 1.55 bits per heavy atom. The van der Waals surface area contributed by atoms with Gasteiger partial charge in [-0.2, -0.15) is 0 Å². The molecule has 4 nitrogen and oxygen atoms in total. The molecule has 0 aromatic heterocycles. The van der Waals surface area contributed by atoms with Crippen LogP contribution in [0.2, 0.25) is 0 Å². The van der Waals surface area contributed by atoms with E-state index in [-0.39, 0.29) is 6.42 Å². The fourth-order valence-electron chi connectivity index (χ4n) is 0.632. The summed E-state index contributed by atoms with van der Waals surface area (Å²) < 4.78 is 37.9. The van der Waals surface area contributed by atoms with Gasteiger partial charge >= 0.3 is 0 Å². The smallest absolute Gasteiger partial charge is 0.155 e. The van der Waals surface area contributed by atoms with Crippen molar-refractivity contribution in [1.82, 2.24) is 0 Å². The Kier molecular flexibility index (Phi) is 5.07. The van der Waals surface area contributed by atoms with Gasteiger partial charge in [-0.1, -0.05) is 0 Å². The average molecular weight is 200 g/mol. The molecule has 0 heterocycles. The molecule has 0 aromatic carbocycles. The summed E-state index contributed by atoms with van der Waals surface area (Å²) in [5.41, 5.74) is 0. The highest BCUT2D eigenvalue weighted by Crippen LogP contribution is 2.07. The molecule has 0 aliphatic carbocycles. The van der Waals surface area contributed by atoms with E-state index in [4.69, 9.17) is 9.11 Å². The van der Waals surface area contributed by atoms with Gasteiger partial charge in [-0.05, 0) is 20.3 Å². The third kappa shape index (κ3) is 4.62. The molecule has 0 bridgehead atoms. The van der Waals surface area contributed by atoms with Gasteiger partial charge in [0.05, 0.1) is 10.5 Å². The highest BCUT2D eigenvalue weighted by atomic mass is 32.2. The number of rotatable bonds is 4. The van der Waals surface area contributed by atoms with Crippen LogP contribution in [0.1, 0.15) is 20.3 Å². The minimum atomic E-state index is -1.89. The Balaban J connectivity index is 3.84. The first-order valence-electron chi connectivity index (χ1n) is 3.14. The van der Waals surface area contributed by atoms with Gasteiger partial charge < -0.3 is 9.11 Å². The van der Waals surface area contributed by atoms with Crippen LogP contribution in [-0.4, -0.2) is 28.0 Å². The van der Waals surface area contributed by atoms with E-state index in [9.17, 15) is 8.42 Å². The maximum Gasteiger partial charge on any atom is 0.155 e. The third-order valence-electron chi connectivity index (χ3n) is 1.35. The van der Waals surface area contributed by atoms with Gasteiger partial charge in [0.2, 0.25) is 0 Å². The van der Waals surface area contributed by atoms with Gasteiger partial charge in [-0.3, -0.25) is 0 Å². The average Bonchev–Trinajstić information content (AvgIpc) is 1.87. The Morgan fingerprint density at radius 1 is 1.09 bits per heavy atom. The predicted octanol–water partition coefficient (Wildman–Crippen LogP) is 0.597. The molecule has 0 saturated heterocycles. The molecule has 0 radical (unpaired) electrons. The van der Waals surface area contributed by atoms with Crippen LogP contribution < -0.4 is 0 Å². The predicted molar refractivity (Wildman–Crippen MR) is 45.1 cm³/mol. The van der Waals surface area contributed by atoms with Gasteiger partial charge in [-0.25, -0.2) is 8.42 Å². The van der Waals surface area contributed by atoms with Crippen molar-refractivity contribution in [3.63, 3.8) is 0 Å². The second kappa shape index (κ2) is 4.97. The van der Waals surface area contributed by atoms with E-state index in [2.05, 4.69) is 0 Å².